The van der Waals surface area contributed by atoms with Gasteiger partial charge in [0.1, 0.15) is 11.5 Å². The molecular weight excluding hydrogens is 726 g/mol. The quantitative estimate of drug-likeness (QED) is 0.151. The zero-order valence-electron chi connectivity index (χ0n) is 27.4. The van der Waals surface area contributed by atoms with Gasteiger partial charge in [0, 0.05) is 11.1 Å². The van der Waals surface area contributed by atoms with Crippen LogP contribution in [0.25, 0.3) is 22.9 Å². The van der Waals surface area contributed by atoms with E-state index in [1.807, 2.05) is 0 Å². The molecule has 0 bridgehead atoms. The molecule has 2 aliphatic heterocycles. The number of hydrogen-bond acceptors (Lipinski definition) is 12. The summed E-state index contributed by atoms with van der Waals surface area (Å²) in [6.45, 7) is 0. The van der Waals surface area contributed by atoms with Crippen LogP contribution in [0.5, 0.6) is 11.5 Å². The Balaban J connectivity index is 0.000000167. The lowest BCUT2D eigenvalue weighted by Crippen LogP contribution is -2.08. The summed E-state index contributed by atoms with van der Waals surface area (Å²) in [5.74, 6) is 2.35. The molecule has 0 fully saturated rings. The van der Waals surface area contributed by atoms with Crippen molar-refractivity contribution in [1.82, 2.24) is 20.4 Å². The molecule has 2 aromatic heterocycles. The average molecular weight is 751 g/mol. The molecule has 0 saturated heterocycles. The fourth-order valence-electron chi connectivity index (χ4n) is 5.22. The van der Waals surface area contributed by atoms with E-state index in [4.69, 9.17) is 28.0 Å². The fourth-order valence-corrected chi connectivity index (χ4v) is 5.22. The van der Waals surface area contributed by atoms with Crippen LogP contribution in [-0.4, -0.2) is 32.2 Å². The van der Waals surface area contributed by atoms with E-state index < -0.39 is 35.7 Å². The summed E-state index contributed by atoms with van der Waals surface area (Å²) in [6.07, 6.45) is -6.68. The second-order valence-electron chi connectivity index (χ2n) is 11.6. The van der Waals surface area contributed by atoms with Crippen LogP contribution < -0.4 is 9.47 Å². The summed E-state index contributed by atoms with van der Waals surface area (Å²) in [5, 5.41) is 22.7. The summed E-state index contributed by atoms with van der Waals surface area (Å²) < 4.78 is 97.6. The van der Waals surface area contributed by atoms with Crippen molar-refractivity contribution < 1.29 is 54.3 Å². The van der Waals surface area contributed by atoms with Gasteiger partial charge < -0.3 is 28.0 Å². The van der Waals surface area contributed by atoms with Crippen molar-refractivity contribution in [2.24, 2.45) is 10.3 Å². The SMILES string of the molecule is FC(F)(F)c1ccc([C@@H]2CC(Oc3cccc(-c4nnco4)c3)=NO2)cc1.FC(F)(F)c1ccc([C@H]2CC(Oc3cccc(-c4nnco4)c3)=NO2)cc1. The van der Waals surface area contributed by atoms with Gasteiger partial charge in [-0.05, 0) is 71.8 Å². The van der Waals surface area contributed by atoms with Crippen molar-refractivity contribution in [3.63, 3.8) is 0 Å². The van der Waals surface area contributed by atoms with Gasteiger partial charge in [-0.3, -0.25) is 0 Å². The third-order valence-electron chi connectivity index (χ3n) is 7.86. The van der Waals surface area contributed by atoms with Gasteiger partial charge in [0.25, 0.3) is 0 Å². The molecule has 0 radical (unpaired) electrons. The Bertz CT molecular complexity index is 2070. The Morgan fingerprint density at radius 3 is 1.30 bits per heavy atom. The van der Waals surface area contributed by atoms with E-state index in [9.17, 15) is 26.3 Å². The van der Waals surface area contributed by atoms with Crippen LogP contribution in [-0.2, 0) is 22.0 Å². The largest absolute Gasteiger partial charge is 0.440 e. The highest BCUT2D eigenvalue weighted by molar-refractivity contribution is 5.81. The smallest absolute Gasteiger partial charge is 0.416 e. The van der Waals surface area contributed by atoms with E-state index in [0.717, 1.165) is 24.3 Å². The summed E-state index contributed by atoms with van der Waals surface area (Å²) in [4.78, 5) is 10.6. The minimum Gasteiger partial charge on any atom is -0.440 e. The maximum absolute atomic E-state index is 12.6. The van der Waals surface area contributed by atoms with E-state index in [2.05, 4.69) is 30.7 Å². The van der Waals surface area contributed by atoms with Gasteiger partial charge in [0.15, 0.2) is 12.2 Å². The summed E-state index contributed by atoms with van der Waals surface area (Å²) in [5.41, 5.74) is 1.13. The first kappa shape index (κ1) is 35.7. The molecule has 12 nitrogen and oxygen atoms in total. The predicted molar refractivity (Wildman–Crippen MR) is 175 cm³/mol. The van der Waals surface area contributed by atoms with Crippen LogP contribution in [0.1, 0.15) is 47.3 Å². The van der Waals surface area contributed by atoms with E-state index in [1.165, 1.54) is 37.1 Å². The molecule has 0 unspecified atom stereocenters. The molecule has 6 aromatic rings. The van der Waals surface area contributed by atoms with Crippen molar-refractivity contribution in [2.45, 2.75) is 37.4 Å². The Kier molecular flexibility index (Phi) is 9.97. The Hall–Kier alpha value is -6.72. The third-order valence-corrected chi connectivity index (χ3v) is 7.86. The van der Waals surface area contributed by atoms with Gasteiger partial charge in [-0.15, -0.1) is 20.4 Å². The molecule has 4 heterocycles. The van der Waals surface area contributed by atoms with Crippen LogP contribution in [0.15, 0.2) is 129 Å². The van der Waals surface area contributed by atoms with Gasteiger partial charge in [-0.2, -0.15) is 26.3 Å². The number of oxime groups is 2. The first-order chi connectivity index (χ1) is 26.0. The number of aromatic nitrogens is 4. The van der Waals surface area contributed by atoms with Crippen molar-refractivity contribution >= 4 is 11.8 Å². The molecule has 0 saturated carbocycles. The molecule has 4 aromatic carbocycles. The average Bonchev–Trinajstić information content (AvgIpc) is 4.01. The van der Waals surface area contributed by atoms with Crippen LogP contribution >= 0.6 is 0 Å². The number of nitrogens with zero attached hydrogens (tertiary/aromatic N) is 6. The Morgan fingerprint density at radius 2 is 0.944 bits per heavy atom. The molecule has 2 aliphatic rings. The van der Waals surface area contributed by atoms with Gasteiger partial charge in [-0.25, -0.2) is 0 Å². The van der Waals surface area contributed by atoms with E-state index in [1.54, 1.807) is 48.5 Å². The van der Waals surface area contributed by atoms with Crippen molar-refractivity contribution in [1.29, 1.82) is 0 Å². The van der Waals surface area contributed by atoms with Gasteiger partial charge in [0.05, 0.1) is 24.0 Å². The van der Waals surface area contributed by atoms with Gasteiger partial charge >= 0.3 is 12.4 Å². The van der Waals surface area contributed by atoms with Crippen molar-refractivity contribution in [3.05, 3.63) is 132 Å². The minimum absolute atomic E-state index is 0.302. The lowest BCUT2D eigenvalue weighted by molar-refractivity contribution is -0.138. The number of rotatable bonds is 6. The highest BCUT2D eigenvalue weighted by Gasteiger charge is 2.33. The third kappa shape index (κ3) is 8.66. The lowest BCUT2D eigenvalue weighted by Gasteiger charge is -2.11. The molecule has 0 amide bonds. The van der Waals surface area contributed by atoms with E-state index >= 15 is 0 Å². The molecule has 0 N–H and O–H groups in total. The molecular formula is C36H24F6N6O6. The number of alkyl halides is 6. The number of halogens is 6. The first-order valence-corrected chi connectivity index (χ1v) is 15.9. The van der Waals surface area contributed by atoms with Crippen LogP contribution in [0.4, 0.5) is 26.3 Å². The maximum atomic E-state index is 12.6. The molecule has 0 aliphatic carbocycles. The highest BCUT2D eigenvalue weighted by atomic mass is 19.4. The number of ether oxygens (including phenoxy) is 2. The van der Waals surface area contributed by atoms with Gasteiger partial charge in [0.2, 0.25) is 36.4 Å². The molecule has 0 spiro atoms. The zero-order valence-corrected chi connectivity index (χ0v) is 27.4. The van der Waals surface area contributed by atoms with Crippen LogP contribution in [0.3, 0.4) is 0 Å². The summed E-state index contributed by atoms with van der Waals surface area (Å²) in [6, 6.07) is 23.6. The van der Waals surface area contributed by atoms with Crippen molar-refractivity contribution in [3.8, 4) is 34.4 Å². The molecule has 276 valence electrons. The molecule has 8 rings (SSSR count). The maximum Gasteiger partial charge on any atom is 0.416 e. The zero-order chi connectivity index (χ0) is 37.7. The monoisotopic (exact) mass is 750 g/mol. The standard InChI is InChI=1S/2C18H12F3N3O3/c2*19-18(20,21)13-6-4-11(5-7-13)15-9-16(24-27-15)26-14-3-1-2-12(8-14)17-23-22-10-25-17/h2*1-8,10,15H,9H2/t2*15-/m10/s1. The van der Waals surface area contributed by atoms with Crippen molar-refractivity contribution in [2.75, 3.05) is 0 Å². The van der Waals surface area contributed by atoms with Crippen LogP contribution in [0, 0.1) is 0 Å². The Labute approximate surface area is 300 Å². The van der Waals surface area contributed by atoms with E-state index in [0.29, 0.717) is 70.2 Å². The number of hydrogen-bond donors (Lipinski definition) is 0. The lowest BCUT2D eigenvalue weighted by atomic mass is 10.0. The summed E-state index contributed by atoms with van der Waals surface area (Å²) >= 11 is 0. The van der Waals surface area contributed by atoms with Crippen LogP contribution in [0.2, 0.25) is 0 Å². The first-order valence-electron chi connectivity index (χ1n) is 15.9. The summed E-state index contributed by atoms with van der Waals surface area (Å²) in [7, 11) is 0. The second kappa shape index (κ2) is 15.1. The topological polar surface area (TPSA) is 139 Å². The predicted octanol–water partition coefficient (Wildman–Crippen LogP) is 9.22. The highest BCUT2D eigenvalue weighted by Crippen LogP contribution is 2.35. The van der Waals surface area contributed by atoms with Gasteiger partial charge in [-0.1, -0.05) is 46.7 Å². The normalized spacial score (nSPS) is 16.7. The molecule has 54 heavy (non-hydrogen) atoms. The second-order valence-corrected chi connectivity index (χ2v) is 11.6. The fraction of sp³-hybridized carbons (Fsp3) is 0.167. The molecule has 2 atom stereocenters. The van der Waals surface area contributed by atoms with E-state index in [-0.39, 0.29) is 0 Å². The Morgan fingerprint density at radius 1 is 0.537 bits per heavy atom. The molecule has 18 heteroatoms. The minimum atomic E-state index is -4.37. The number of benzene rings is 4.